The lowest BCUT2D eigenvalue weighted by Crippen LogP contribution is -2.33. The number of benzene rings is 3. The number of hydrogen-bond acceptors (Lipinski definition) is 2. The molecule has 3 heteroatoms. The van der Waals surface area contributed by atoms with Crippen LogP contribution in [0, 0.1) is 5.92 Å². The molecule has 1 saturated heterocycles. The summed E-state index contributed by atoms with van der Waals surface area (Å²) >= 11 is 0. The molecule has 138 valence electrons. The van der Waals surface area contributed by atoms with Gasteiger partial charge in [0.1, 0.15) is 0 Å². The minimum atomic E-state index is -0.0663. The molecule has 1 fully saturated rings. The number of piperidine rings is 1. The smallest absolute Gasteiger partial charge is 0.255 e. The van der Waals surface area contributed by atoms with E-state index < -0.39 is 0 Å². The van der Waals surface area contributed by atoms with Crippen LogP contribution in [0.15, 0.2) is 66.7 Å². The van der Waals surface area contributed by atoms with E-state index in [4.69, 9.17) is 0 Å². The number of nitrogens with one attached hydrogen (secondary N) is 1. The topological polar surface area (TPSA) is 32.3 Å². The lowest BCUT2D eigenvalue weighted by Gasteiger charge is -2.30. The maximum Gasteiger partial charge on any atom is 0.255 e. The molecule has 1 aliphatic rings. The molecule has 0 saturated carbocycles. The molecule has 1 atom stereocenters. The lowest BCUT2D eigenvalue weighted by molar-refractivity contribution is 0.102. The molecule has 0 aliphatic carbocycles. The highest BCUT2D eigenvalue weighted by atomic mass is 16.1. The van der Waals surface area contributed by atoms with Crippen molar-refractivity contribution < 1.29 is 4.79 Å². The molecule has 0 radical (unpaired) electrons. The highest BCUT2D eigenvalue weighted by Gasteiger charge is 2.16. The van der Waals surface area contributed by atoms with Gasteiger partial charge in [0.05, 0.1) is 0 Å². The molecule has 3 nitrogen and oxygen atoms in total. The molecule has 3 aromatic rings. The van der Waals surface area contributed by atoms with E-state index in [9.17, 15) is 4.79 Å². The number of hydrogen-bond donors (Lipinski definition) is 1. The van der Waals surface area contributed by atoms with E-state index in [2.05, 4.69) is 41.4 Å². The van der Waals surface area contributed by atoms with Crippen molar-refractivity contribution >= 4 is 22.4 Å². The molecule has 4 rings (SSSR count). The standard InChI is InChI=1S/C24H26N2O/c1-18-5-4-14-26(16-18)17-19-8-10-21(11-9-19)24(27)25-23-13-12-20-6-2-3-7-22(20)15-23/h2-3,6-13,15,18H,4-5,14,16-17H2,1H3,(H,25,27)/t18-/m0/s1. The molecule has 1 heterocycles. The fraction of sp³-hybridized carbons (Fsp3) is 0.292. The first-order valence-electron chi connectivity index (χ1n) is 9.79. The number of likely N-dealkylation sites (tertiary alicyclic amines) is 1. The number of fused-ring (bicyclic) bond motifs is 1. The van der Waals surface area contributed by atoms with Gasteiger partial charge in [-0.1, -0.05) is 49.4 Å². The predicted octanol–water partition coefficient (Wildman–Crippen LogP) is 5.32. The molecule has 1 amide bonds. The third kappa shape index (κ3) is 4.37. The van der Waals surface area contributed by atoms with Gasteiger partial charge >= 0.3 is 0 Å². The van der Waals surface area contributed by atoms with E-state index in [1.807, 2.05) is 42.5 Å². The largest absolute Gasteiger partial charge is 0.322 e. The highest BCUT2D eigenvalue weighted by Crippen LogP contribution is 2.20. The number of carbonyl (C=O) groups excluding carboxylic acids is 1. The second-order valence-electron chi connectivity index (χ2n) is 7.70. The van der Waals surface area contributed by atoms with Crippen molar-refractivity contribution in [2.75, 3.05) is 18.4 Å². The minimum Gasteiger partial charge on any atom is -0.322 e. The van der Waals surface area contributed by atoms with Gasteiger partial charge in [0.2, 0.25) is 0 Å². The summed E-state index contributed by atoms with van der Waals surface area (Å²) in [4.78, 5) is 15.1. The van der Waals surface area contributed by atoms with Crippen LogP contribution < -0.4 is 5.32 Å². The number of nitrogens with zero attached hydrogens (tertiary/aromatic N) is 1. The van der Waals surface area contributed by atoms with Crippen molar-refractivity contribution in [1.29, 1.82) is 0 Å². The molecule has 3 aromatic carbocycles. The first-order chi connectivity index (χ1) is 13.2. The van der Waals surface area contributed by atoms with E-state index in [1.54, 1.807) is 0 Å². The molecular weight excluding hydrogens is 332 g/mol. The Morgan fingerprint density at radius 3 is 2.59 bits per heavy atom. The van der Waals surface area contributed by atoms with Gasteiger partial charge in [0, 0.05) is 24.3 Å². The minimum absolute atomic E-state index is 0.0663. The van der Waals surface area contributed by atoms with Gasteiger partial charge in [-0.2, -0.15) is 0 Å². The Bertz CT molecular complexity index is 933. The maximum atomic E-state index is 12.6. The van der Waals surface area contributed by atoms with Crippen molar-refractivity contribution in [1.82, 2.24) is 4.90 Å². The van der Waals surface area contributed by atoms with Crippen LogP contribution in [0.1, 0.15) is 35.7 Å². The molecular formula is C24H26N2O. The van der Waals surface area contributed by atoms with Crippen LogP contribution >= 0.6 is 0 Å². The Morgan fingerprint density at radius 1 is 1.04 bits per heavy atom. The average molecular weight is 358 g/mol. The Morgan fingerprint density at radius 2 is 1.81 bits per heavy atom. The summed E-state index contributed by atoms with van der Waals surface area (Å²) in [6.45, 7) is 5.64. The normalized spacial score (nSPS) is 17.7. The summed E-state index contributed by atoms with van der Waals surface area (Å²) in [5.41, 5.74) is 2.79. The number of amides is 1. The third-order valence-electron chi connectivity index (χ3n) is 5.37. The van der Waals surface area contributed by atoms with E-state index >= 15 is 0 Å². The first kappa shape index (κ1) is 17.7. The van der Waals surface area contributed by atoms with Gasteiger partial charge in [0.15, 0.2) is 0 Å². The summed E-state index contributed by atoms with van der Waals surface area (Å²) in [5, 5.41) is 5.31. The summed E-state index contributed by atoms with van der Waals surface area (Å²) in [7, 11) is 0. The van der Waals surface area contributed by atoms with Crippen LogP contribution in [0.5, 0.6) is 0 Å². The average Bonchev–Trinajstić information content (AvgIpc) is 2.68. The monoisotopic (exact) mass is 358 g/mol. The molecule has 1 aliphatic heterocycles. The van der Waals surface area contributed by atoms with Crippen LogP contribution in [-0.4, -0.2) is 23.9 Å². The Kier molecular flexibility index (Phi) is 5.21. The van der Waals surface area contributed by atoms with Crippen LogP contribution in [0.3, 0.4) is 0 Å². The van der Waals surface area contributed by atoms with Crippen molar-refractivity contribution in [2.24, 2.45) is 5.92 Å². The maximum absolute atomic E-state index is 12.6. The fourth-order valence-corrected chi connectivity index (χ4v) is 3.92. The summed E-state index contributed by atoms with van der Waals surface area (Å²) in [6, 6.07) is 22.2. The van der Waals surface area contributed by atoms with Gasteiger partial charge < -0.3 is 5.32 Å². The van der Waals surface area contributed by atoms with Crippen LogP contribution in [0.25, 0.3) is 10.8 Å². The second-order valence-corrected chi connectivity index (χ2v) is 7.70. The zero-order valence-electron chi connectivity index (χ0n) is 15.8. The number of carbonyl (C=O) groups is 1. The fourth-order valence-electron chi connectivity index (χ4n) is 3.92. The quantitative estimate of drug-likeness (QED) is 0.684. The van der Waals surface area contributed by atoms with Crippen molar-refractivity contribution in [3.8, 4) is 0 Å². The SMILES string of the molecule is C[C@H]1CCCN(Cc2ccc(C(=O)Nc3ccc4ccccc4c3)cc2)C1. The first-order valence-corrected chi connectivity index (χ1v) is 9.79. The molecule has 0 bridgehead atoms. The lowest BCUT2D eigenvalue weighted by atomic mass is 9.99. The summed E-state index contributed by atoms with van der Waals surface area (Å²) in [5.74, 6) is 0.717. The second kappa shape index (κ2) is 7.93. The molecule has 27 heavy (non-hydrogen) atoms. The van der Waals surface area contributed by atoms with Gasteiger partial charge in [-0.3, -0.25) is 9.69 Å². The third-order valence-corrected chi connectivity index (χ3v) is 5.37. The van der Waals surface area contributed by atoms with Crippen LogP contribution in [0.2, 0.25) is 0 Å². The van der Waals surface area contributed by atoms with E-state index in [-0.39, 0.29) is 5.91 Å². The Labute approximate surface area is 161 Å². The number of rotatable bonds is 4. The Balaban J connectivity index is 1.41. The zero-order chi connectivity index (χ0) is 18.6. The highest BCUT2D eigenvalue weighted by molar-refractivity contribution is 6.05. The van der Waals surface area contributed by atoms with Crippen LogP contribution in [-0.2, 0) is 6.54 Å². The molecule has 0 spiro atoms. The number of anilines is 1. The molecule has 0 unspecified atom stereocenters. The zero-order valence-corrected chi connectivity index (χ0v) is 15.8. The summed E-state index contributed by atoms with van der Waals surface area (Å²) in [6.07, 6.45) is 2.62. The summed E-state index contributed by atoms with van der Waals surface area (Å²) < 4.78 is 0. The van der Waals surface area contributed by atoms with Crippen molar-refractivity contribution in [3.05, 3.63) is 77.9 Å². The van der Waals surface area contributed by atoms with Gasteiger partial charge in [-0.05, 0) is 65.9 Å². The van der Waals surface area contributed by atoms with E-state index in [0.29, 0.717) is 5.56 Å². The molecule has 1 N–H and O–H groups in total. The van der Waals surface area contributed by atoms with Crippen LogP contribution in [0.4, 0.5) is 5.69 Å². The Hall–Kier alpha value is -2.65. The van der Waals surface area contributed by atoms with E-state index in [0.717, 1.165) is 23.5 Å². The van der Waals surface area contributed by atoms with E-state index in [1.165, 1.54) is 36.9 Å². The molecule has 0 aromatic heterocycles. The van der Waals surface area contributed by atoms with Gasteiger partial charge in [-0.25, -0.2) is 0 Å². The van der Waals surface area contributed by atoms with Crippen molar-refractivity contribution in [3.63, 3.8) is 0 Å². The van der Waals surface area contributed by atoms with Gasteiger partial charge in [-0.15, -0.1) is 0 Å². The predicted molar refractivity (Wildman–Crippen MR) is 112 cm³/mol. The van der Waals surface area contributed by atoms with Crippen molar-refractivity contribution in [2.45, 2.75) is 26.3 Å². The van der Waals surface area contributed by atoms with Gasteiger partial charge in [0.25, 0.3) is 5.91 Å².